The molecule has 2 aromatic rings. The van der Waals surface area contributed by atoms with E-state index in [2.05, 4.69) is 26.6 Å². The number of nitrogens with one attached hydrogen (secondary N) is 2. The molecule has 6 nitrogen and oxygen atoms in total. The first-order valence-corrected chi connectivity index (χ1v) is 8.70. The van der Waals surface area contributed by atoms with E-state index < -0.39 is 0 Å². The zero-order valence-electron chi connectivity index (χ0n) is 13.7. The number of anilines is 2. The first-order valence-electron chi connectivity index (χ1n) is 7.50. The van der Waals surface area contributed by atoms with Gasteiger partial charge in [0.25, 0.3) is 0 Å². The average molecular weight is 425 g/mol. The number of fused-ring (bicyclic) bond motifs is 1. The second-order valence-electron chi connectivity index (χ2n) is 5.13. The number of hydrogen-bond donors (Lipinski definition) is 2. The Balaban J connectivity index is 1.72. The summed E-state index contributed by atoms with van der Waals surface area (Å²) in [6.07, 6.45) is 0. The zero-order chi connectivity index (χ0) is 17.8. The van der Waals surface area contributed by atoms with Gasteiger partial charge in [-0.2, -0.15) is 0 Å². The van der Waals surface area contributed by atoms with Crippen molar-refractivity contribution in [2.75, 3.05) is 38.1 Å². The minimum atomic E-state index is 0.433. The number of hydrogen-bond acceptors (Lipinski definition) is 5. The highest BCUT2D eigenvalue weighted by atomic mass is 79.9. The third kappa shape index (κ3) is 4.08. The summed E-state index contributed by atoms with van der Waals surface area (Å²) >= 11 is 8.82. The van der Waals surface area contributed by atoms with Gasteiger partial charge in [-0.3, -0.25) is 0 Å². The summed E-state index contributed by atoms with van der Waals surface area (Å²) in [7, 11) is 3.18. The predicted octanol–water partition coefficient (Wildman–Crippen LogP) is 4.05. The molecule has 0 bridgehead atoms. The molecule has 3 rings (SSSR count). The Morgan fingerprint density at radius 3 is 2.20 bits per heavy atom. The molecule has 0 amide bonds. The van der Waals surface area contributed by atoms with Gasteiger partial charge in [0.1, 0.15) is 29.2 Å². The third-order valence-corrected chi connectivity index (χ3v) is 4.49. The fraction of sp³-hybridized carbons (Fsp3) is 0.235. The van der Waals surface area contributed by atoms with Crippen LogP contribution in [0.2, 0.25) is 0 Å². The van der Waals surface area contributed by atoms with E-state index in [1.165, 1.54) is 0 Å². The highest BCUT2D eigenvalue weighted by Gasteiger charge is 2.13. The van der Waals surface area contributed by atoms with Crippen molar-refractivity contribution in [1.29, 1.82) is 0 Å². The molecule has 2 aromatic carbocycles. The summed E-state index contributed by atoms with van der Waals surface area (Å²) in [6, 6.07) is 9.23. The molecule has 0 radical (unpaired) electrons. The summed E-state index contributed by atoms with van der Waals surface area (Å²) < 4.78 is 22.5. The van der Waals surface area contributed by atoms with Crippen LogP contribution in [0.5, 0.6) is 23.0 Å². The van der Waals surface area contributed by atoms with Crippen LogP contribution in [-0.2, 0) is 0 Å². The van der Waals surface area contributed by atoms with Crippen molar-refractivity contribution in [3.8, 4) is 23.0 Å². The molecule has 2 N–H and O–H groups in total. The first-order chi connectivity index (χ1) is 12.1. The summed E-state index contributed by atoms with van der Waals surface area (Å²) in [5.41, 5.74) is 1.55. The van der Waals surface area contributed by atoms with Crippen LogP contribution in [0.15, 0.2) is 34.8 Å². The Labute approximate surface area is 159 Å². The van der Waals surface area contributed by atoms with Crippen molar-refractivity contribution in [3.63, 3.8) is 0 Å². The molecule has 0 aromatic heterocycles. The quantitative estimate of drug-likeness (QED) is 0.717. The van der Waals surface area contributed by atoms with Gasteiger partial charge >= 0.3 is 0 Å². The van der Waals surface area contributed by atoms with E-state index in [4.69, 9.17) is 31.2 Å². The lowest BCUT2D eigenvalue weighted by molar-refractivity contribution is 0.171. The Morgan fingerprint density at radius 1 is 0.960 bits per heavy atom. The molecular formula is C17H17BrN2O4S. The van der Waals surface area contributed by atoms with Gasteiger partial charge < -0.3 is 29.6 Å². The maximum atomic E-state index is 5.57. The normalized spacial score (nSPS) is 12.3. The monoisotopic (exact) mass is 424 g/mol. The van der Waals surface area contributed by atoms with Gasteiger partial charge in [-0.25, -0.2) is 0 Å². The van der Waals surface area contributed by atoms with Crippen LogP contribution in [0, 0.1) is 0 Å². The largest absolute Gasteiger partial charge is 0.495 e. The number of methoxy groups -OCH3 is 2. The smallest absolute Gasteiger partial charge is 0.175 e. The van der Waals surface area contributed by atoms with Crippen LogP contribution < -0.4 is 29.6 Å². The molecule has 0 fully saturated rings. The Hall–Kier alpha value is -2.19. The summed E-state index contributed by atoms with van der Waals surface area (Å²) in [5, 5.41) is 6.67. The number of ether oxygens (including phenoxy) is 4. The molecule has 132 valence electrons. The standard InChI is InChI=1S/C17H17BrN2O4S/c1-21-14-8-11(9-15(22-2)16(14)18)20-17(25)19-10-3-4-12-13(7-10)24-6-5-23-12/h3-4,7-9H,5-6H2,1-2H3,(H2,19,20,25). The van der Waals surface area contributed by atoms with Gasteiger partial charge in [-0.1, -0.05) is 0 Å². The predicted molar refractivity (Wildman–Crippen MR) is 105 cm³/mol. The molecule has 1 aliphatic rings. The van der Waals surface area contributed by atoms with Crippen LogP contribution >= 0.6 is 28.1 Å². The van der Waals surface area contributed by atoms with E-state index >= 15 is 0 Å². The number of thiocarbonyl (C=S) groups is 1. The molecule has 0 saturated heterocycles. The topological polar surface area (TPSA) is 61.0 Å². The van der Waals surface area contributed by atoms with Crippen molar-refractivity contribution in [2.45, 2.75) is 0 Å². The minimum Gasteiger partial charge on any atom is -0.495 e. The van der Waals surface area contributed by atoms with E-state index in [0.29, 0.717) is 35.6 Å². The van der Waals surface area contributed by atoms with E-state index in [1.54, 1.807) is 14.2 Å². The van der Waals surface area contributed by atoms with Crippen molar-refractivity contribution in [1.82, 2.24) is 0 Å². The van der Waals surface area contributed by atoms with Crippen molar-refractivity contribution in [3.05, 3.63) is 34.8 Å². The van der Waals surface area contributed by atoms with Crippen LogP contribution in [0.4, 0.5) is 11.4 Å². The molecule has 0 saturated carbocycles. The lowest BCUT2D eigenvalue weighted by Crippen LogP contribution is -2.20. The fourth-order valence-electron chi connectivity index (χ4n) is 2.36. The molecule has 1 heterocycles. The summed E-state index contributed by atoms with van der Waals surface area (Å²) in [4.78, 5) is 0. The summed E-state index contributed by atoms with van der Waals surface area (Å²) in [5.74, 6) is 2.72. The maximum Gasteiger partial charge on any atom is 0.175 e. The van der Waals surface area contributed by atoms with E-state index in [9.17, 15) is 0 Å². The van der Waals surface area contributed by atoms with E-state index in [-0.39, 0.29) is 0 Å². The second-order valence-corrected chi connectivity index (χ2v) is 6.33. The minimum absolute atomic E-state index is 0.433. The van der Waals surface area contributed by atoms with Gasteiger partial charge in [0.05, 0.1) is 14.2 Å². The average Bonchev–Trinajstić information content (AvgIpc) is 2.62. The van der Waals surface area contributed by atoms with E-state index in [0.717, 1.165) is 21.6 Å². The molecule has 1 aliphatic heterocycles. The molecule has 0 unspecified atom stereocenters. The number of halogens is 1. The molecular weight excluding hydrogens is 408 g/mol. The lowest BCUT2D eigenvalue weighted by Gasteiger charge is -2.19. The second kappa shape index (κ2) is 7.79. The van der Waals surface area contributed by atoms with Crippen LogP contribution in [0.3, 0.4) is 0 Å². The lowest BCUT2D eigenvalue weighted by atomic mass is 10.2. The molecule has 0 spiro atoms. The van der Waals surface area contributed by atoms with Gasteiger partial charge in [-0.15, -0.1) is 0 Å². The van der Waals surface area contributed by atoms with Gasteiger partial charge in [0.2, 0.25) is 0 Å². The number of rotatable bonds is 4. The van der Waals surface area contributed by atoms with Crippen molar-refractivity contribution < 1.29 is 18.9 Å². The van der Waals surface area contributed by atoms with Gasteiger partial charge in [0, 0.05) is 29.6 Å². The van der Waals surface area contributed by atoms with Crippen LogP contribution in [-0.4, -0.2) is 32.5 Å². The van der Waals surface area contributed by atoms with Crippen molar-refractivity contribution >= 4 is 44.6 Å². The van der Waals surface area contributed by atoms with Gasteiger partial charge in [0.15, 0.2) is 16.6 Å². The van der Waals surface area contributed by atoms with E-state index in [1.807, 2.05) is 30.3 Å². The SMILES string of the molecule is COc1cc(NC(=S)Nc2ccc3c(c2)OCCO3)cc(OC)c1Br. The Morgan fingerprint density at radius 2 is 1.56 bits per heavy atom. The highest BCUT2D eigenvalue weighted by Crippen LogP contribution is 2.37. The molecule has 25 heavy (non-hydrogen) atoms. The molecule has 0 atom stereocenters. The van der Waals surface area contributed by atoms with Crippen LogP contribution in [0.1, 0.15) is 0 Å². The third-order valence-electron chi connectivity index (χ3n) is 3.50. The fourth-order valence-corrected chi connectivity index (χ4v) is 3.14. The van der Waals surface area contributed by atoms with Gasteiger partial charge in [-0.05, 0) is 40.3 Å². The molecule has 8 heteroatoms. The highest BCUT2D eigenvalue weighted by molar-refractivity contribution is 9.10. The molecule has 0 aliphatic carbocycles. The Kier molecular flexibility index (Phi) is 5.50. The van der Waals surface area contributed by atoms with Crippen molar-refractivity contribution in [2.24, 2.45) is 0 Å². The maximum absolute atomic E-state index is 5.57. The zero-order valence-corrected chi connectivity index (χ0v) is 16.1. The first kappa shape index (κ1) is 17.6. The number of benzene rings is 2. The van der Waals surface area contributed by atoms with Crippen LogP contribution in [0.25, 0.3) is 0 Å². The summed E-state index contributed by atoms with van der Waals surface area (Å²) in [6.45, 7) is 1.10. The Bertz CT molecular complexity index is 775.